The van der Waals surface area contributed by atoms with Gasteiger partial charge in [0.15, 0.2) is 23.3 Å². The Hall–Kier alpha value is -4.30. The summed E-state index contributed by atoms with van der Waals surface area (Å²) >= 11 is 1.24. The number of aliphatic imine (C=N–C) groups is 1. The number of aromatic hydroxyl groups is 1. The van der Waals surface area contributed by atoms with Gasteiger partial charge in [0.2, 0.25) is 0 Å². The third-order valence-corrected chi connectivity index (χ3v) is 7.12. The van der Waals surface area contributed by atoms with Crippen molar-refractivity contribution in [3.8, 4) is 5.88 Å². The second-order valence-electron chi connectivity index (χ2n) is 8.75. The molecule has 3 N–H and O–H groups in total. The molecule has 2 aromatic carbocycles. The Morgan fingerprint density at radius 3 is 2.56 bits per heavy atom. The summed E-state index contributed by atoms with van der Waals surface area (Å²) in [4.78, 5) is 32.8. The van der Waals surface area contributed by atoms with Crippen LogP contribution in [0, 0.1) is 6.92 Å². The monoisotopic (exact) mass is 496 g/mol. The highest BCUT2D eigenvalue weighted by atomic mass is 32.1. The van der Waals surface area contributed by atoms with Crippen LogP contribution in [0.4, 0.5) is 5.82 Å². The first-order valence-corrected chi connectivity index (χ1v) is 12.3. The molecule has 0 aliphatic heterocycles. The van der Waals surface area contributed by atoms with Gasteiger partial charge in [-0.15, -0.1) is 11.3 Å². The molecule has 0 amide bonds. The van der Waals surface area contributed by atoms with Crippen LogP contribution < -0.4 is 0 Å². The minimum absolute atomic E-state index is 0.00454. The van der Waals surface area contributed by atoms with E-state index in [4.69, 9.17) is 0 Å². The summed E-state index contributed by atoms with van der Waals surface area (Å²) in [5.74, 6) is 0.577. The van der Waals surface area contributed by atoms with Crippen molar-refractivity contribution in [2.45, 2.75) is 26.7 Å². The lowest BCUT2D eigenvalue weighted by atomic mass is 9.99. The fourth-order valence-electron chi connectivity index (χ4n) is 4.12. The molecule has 36 heavy (non-hydrogen) atoms. The molecule has 3 aromatic heterocycles. The molecule has 8 heteroatoms. The van der Waals surface area contributed by atoms with Crippen molar-refractivity contribution in [2.75, 3.05) is 0 Å². The van der Waals surface area contributed by atoms with Gasteiger partial charge < -0.3 is 10.1 Å². The van der Waals surface area contributed by atoms with Gasteiger partial charge >= 0.3 is 0 Å². The van der Waals surface area contributed by atoms with E-state index in [1.54, 1.807) is 18.3 Å². The number of fused-ring (bicyclic) bond motifs is 1. The summed E-state index contributed by atoms with van der Waals surface area (Å²) in [6, 6.07) is 19.2. The van der Waals surface area contributed by atoms with Crippen LogP contribution in [-0.2, 0) is 12.8 Å². The molecule has 0 saturated heterocycles. The van der Waals surface area contributed by atoms with Crippen molar-refractivity contribution in [1.82, 2.24) is 15.2 Å². The van der Waals surface area contributed by atoms with E-state index >= 15 is 0 Å². The predicted octanol–water partition coefficient (Wildman–Crippen LogP) is 5.94. The molecule has 5 rings (SSSR count). The number of hydrogen-bond acceptors (Lipinski definition) is 6. The topological polar surface area (TPSA) is 111 Å². The van der Waals surface area contributed by atoms with Crippen LogP contribution in [0.1, 0.15) is 54.2 Å². The zero-order valence-electron chi connectivity index (χ0n) is 19.8. The Kier molecular flexibility index (Phi) is 6.35. The van der Waals surface area contributed by atoms with Crippen LogP contribution >= 0.6 is 11.3 Å². The standard InChI is InChI=1S/C28H24N4O3S/c1-16-10-27(32-31-16)29-15-22-21-13-20(6-7-23(21)30-28(22)35)12-18-4-3-5-19(11-18)14-24(34)26-9-8-25(36-26)17(2)33/h3-11,13,15,30,35H,12,14H2,1-2H3,(H,31,32). The van der Waals surface area contributed by atoms with Crippen molar-refractivity contribution in [2.24, 2.45) is 4.99 Å². The van der Waals surface area contributed by atoms with Crippen LogP contribution in [-0.4, -0.2) is 38.1 Å². The highest BCUT2D eigenvalue weighted by molar-refractivity contribution is 7.16. The number of nitrogens with one attached hydrogen (secondary N) is 2. The summed E-state index contributed by atoms with van der Waals surface area (Å²) in [6.07, 6.45) is 2.57. The number of benzene rings is 2. The van der Waals surface area contributed by atoms with Crippen molar-refractivity contribution < 1.29 is 14.7 Å². The molecule has 180 valence electrons. The molecule has 0 bridgehead atoms. The highest BCUT2D eigenvalue weighted by Gasteiger charge is 2.13. The molecule has 3 heterocycles. The molecule has 0 aliphatic rings. The Labute approximate surface area is 211 Å². The van der Waals surface area contributed by atoms with Gasteiger partial charge in [0.05, 0.1) is 15.3 Å². The normalized spacial score (nSPS) is 11.5. The first kappa shape index (κ1) is 23.4. The Balaban J connectivity index is 1.35. The predicted molar refractivity (Wildman–Crippen MR) is 142 cm³/mol. The maximum absolute atomic E-state index is 12.7. The molecule has 0 radical (unpaired) electrons. The van der Waals surface area contributed by atoms with E-state index in [1.165, 1.54) is 18.3 Å². The average Bonchev–Trinajstić information content (AvgIpc) is 3.57. The Morgan fingerprint density at radius 2 is 1.81 bits per heavy atom. The number of aromatic amines is 2. The number of rotatable bonds is 8. The zero-order valence-corrected chi connectivity index (χ0v) is 20.6. The molecule has 0 saturated carbocycles. The van der Waals surface area contributed by atoms with Crippen LogP contribution in [0.15, 0.2) is 65.7 Å². The third-order valence-electron chi connectivity index (χ3n) is 5.89. The number of Topliss-reactive ketones (excluding diaryl/α,β-unsaturated/α-hetero) is 2. The van der Waals surface area contributed by atoms with Crippen LogP contribution in [0.25, 0.3) is 10.9 Å². The number of aryl methyl sites for hydroxylation is 1. The number of aromatic nitrogens is 3. The smallest absolute Gasteiger partial charge is 0.198 e. The van der Waals surface area contributed by atoms with Crippen LogP contribution in [0.5, 0.6) is 5.88 Å². The number of H-pyrrole nitrogens is 2. The number of carbonyl (C=O) groups excluding carboxylic acids is 2. The second-order valence-corrected chi connectivity index (χ2v) is 9.84. The van der Waals surface area contributed by atoms with Gasteiger partial charge in [-0.3, -0.25) is 14.7 Å². The van der Waals surface area contributed by atoms with Gasteiger partial charge in [-0.05, 0) is 61.2 Å². The SMILES string of the molecule is CC(=O)c1ccc(C(=O)Cc2cccc(Cc3ccc4[nH]c(O)c(C=Nc5cc(C)[nH]n5)c4c3)c2)s1. The van der Waals surface area contributed by atoms with Gasteiger partial charge in [0.1, 0.15) is 0 Å². The first-order chi connectivity index (χ1) is 17.4. The summed E-state index contributed by atoms with van der Waals surface area (Å²) in [6.45, 7) is 3.41. The lowest BCUT2D eigenvalue weighted by Gasteiger charge is -2.06. The first-order valence-electron chi connectivity index (χ1n) is 11.5. The zero-order chi connectivity index (χ0) is 25.2. The number of carbonyl (C=O) groups is 2. The number of hydrogen-bond donors (Lipinski definition) is 3. The average molecular weight is 497 g/mol. The van der Waals surface area contributed by atoms with E-state index in [2.05, 4.69) is 20.2 Å². The van der Waals surface area contributed by atoms with Gasteiger partial charge in [0.25, 0.3) is 0 Å². The van der Waals surface area contributed by atoms with E-state index in [1.807, 2.05) is 55.5 Å². The maximum atomic E-state index is 12.7. The molecule has 5 aromatic rings. The van der Waals surface area contributed by atoms with Crippen molar-refractivity contribution in [1.29, 1.82) is 0 Å². The highest BCUT2D eigenvalue weighted by Crippen LogP contribution is 2.28. The van der Waals surface area contributed by atoms with E-state index in [9.17, 15) is 14.7 Å². The van der Waals surface area contributed by atoms with E-state index in [-0.39, 0.29) is 23.9 Å². The van der Waals surface area contributed by atoms with E-state index in [0.717, 1.165) is 33.3 Å². The molecule has 0 fully saturated rings. The minimum Gasteiger partial charge on any atom is -0.494 e. The maximum Gasteiger partial charge on any atom is 0.198 e. The lowest BCUT2D eigenvalue weighted by molar-refractivity contribution is 0.0994. The van der Waals surface area contributed by atoms with Crippen molar-refractivity contribution in [3.63, 3.8) is 0 Å². The van der Waals surface area contributed by atoms with Crippen LogP contribution in [0.3, 0.4) is 0 Å². The van der Waals surface area contributed by atoms with E-state index < -0.39 is 0 Å². The fraction of sp³-hybridized carbons (Fsp3) is 0.143. The molecule has 0 atom stereocenters. The van der Waals surface area contributed by atoms with Crippen LogP contribution in [0.2, 0.25) is 0 Å². The van der Waals surface area contributed by atoms with Gasteiger partial charge in [-0.25, -0.2) is 4.99 Å². The van der Waals surface area contributed by atoms with Gasteiger partial charge in [-0.2, -0.15) is 5.10 Å². The molecule has 0 aliphatic carbocycles. The largest absolute Gasteiger partial charge is 0.494 e. The minimum atomic E-state index is -0.0283. The summed E-state index contributed by atoms with van der Waals surface area (Å²) in [5, 5.41) is 18.2. The molecule has 7 nitrogen and oxygen atoms in total. The van der Waals surface area contributed by atoms with Crippen molar-refractivity contribution >= 4 is 45.8 Å². The Morgan fingerprint density at radius 1 is 1.03 bits per heavy atom. The quantitative estimate of drug-likeness (QED) is 0.182. The van der Waals surface area contributed by atoms with Gasteiger partial charge in [0, 0.05) is 35.3 Å². The van der Waals surface area contributed by atoms with Crippen molar-refractivity contribution in [3.05, 3.63) is 98.4 Å². The fourth-order valence-corrected chi connectivity index (χ4v) is 4.96. The lowest BCUT2D eigenvalue weighted by Crippen LogP contribution is -2.02. The summed E-state index contributed by atoms with van der Waals surface area (Å²) in [5.41, 5.74) is 5.41. The summed E-state index contributed by atoms with van der Waals surface area (Å²) < 4.78 is 0. The molecule has 0 spiro atoms. The molecular formula is C28H24N4O3S. The number of thiophene rings is 1. The number of nitrogens with zero attached hydrogens (tertiary/aromatic N) is 2. The summed E-state index contributed by atoms with van der Waals surface area (Å²) in [7, 11) is 0. The van der Waals surface area contributed by atoms with E-state index in [0.29, 0.717) is 27.6 Å². The molecular weight excluding hydrogens is 472 g/mol. The molecule has 0 unspecified atom stereocenters. The van der Waals surface area contributed by atoms with Gasteiger partial charge in [-0.1, -0.05) is 30.3 Å². The third kappa shape index (κ3) is 5.04. The number of ketones is 2. The Bertz CT molecular complexity index is 1620. The second kappa shape index (κ2) is 9.75.